The Morgan fingerprint density at radius 1 is 1.22 bits per heavy atom. The van der Waals surface area contributed by atoms with Gasteiger partial charge in [-0.05, 0) is 32.6 Å². The number of hydrogen-bond acceptors (Lipinski definition) is 5. The van der Waals surface area contributed by atoms with E-state index in [4.69, 9.17) is 4.42 Å². The largest absolute Gasteiger partial charge is 0.407 e. The second-order valence-electron chi connectivity index (χ2n) is 5.90. The Balaban J connectivity index is 1.54. The molecule has 0 atom stereocenters. The lowest BCUT2D eigenvalue weighted by Gasteiger charge is -2.33. The molecule has 18 heavy (non-hydrogen) atoms. The van der Waals surface area contributed by atoms with Gasteiger partial charge in [-0.2, -0.15) is 0 Å². The predicted octanol–water partition coefficient (Wildman–Crippen LogP) is 2.46. The van der Waals surface area contributed by atoms with Crippen molar-refractivity contribution in [2.75, 3.05) is 5.32 Å². The Kier molecular flexibility index (Phi) is 3.24. The Bertz CT molecular complexity index is 393. The number of hydrogen-bond donors (Lipinski definition) is 2. The molecule has 5 heteroatoms. The van der Waals surface area contributed by atoms with E-state index < -0.39 is 0 Å². The summed E-state index contributed by atoms with van der Waals surface area (Å²) in [5.41, 5.74) is 0.131. The highest BCUT2D eigenvalue weighted by molar-refractivity contribution is 5.23. The molecule has 2 N–H and O–H groups in total. The number of rotatable bonds is 5. The number of aromatic nitrogens is 2. The third-order valence-electron chi connectivity index (χ3n) is 3.95. The molecule has 0 bridgehead atoms. The summed E-state index contributed by atoms with van der Waals surface area (Å²) in [5, 5.41) is 14.9. The van der Waals surface area contributed by atoms with Gasteiger partial charge in [0.15, 0.2) is 0 Å². The van der Waals surface area contributed by atoms with Crippen LogP contribution in [0.5, 0.6) is 0 Å². The number of nitrogens with one attached hydrogen (secondary N) is 2. The van der Waals surface area contributed by atoms with E-state index in [1.54, 1.807) is 0 Å². The summed E-state index contributed by atoms with van der Waals surface area (Å²) in [5.74, 6) is 0.684. The average molecular weight is 250 g/mol. The van der Waals surface area contributed by atoms with Crippen molar-refractivity contribution < 1.29 is 4.42 Å². The van der Waals surface area contributed by atoms with Crippen LogP contribution in [-0.4, -0.2) is 21.8 Å². The van der Waals surface area contributed by atoms with Crippen molar-refractivity contribution in [3.8, 4) is 0 Å². The highest BCUT2D eigenvalue weighted by Gasteiger charge is 2.28. The van der Waals surface area contributed by atoms with Crippen LogP contribution in [0.1, 0.15) is 57.8 Å². The topological polar surface area (TPSA) is 63.0 Å². The first-order valence-corrected chi connectivity index (χ1v) is 7.07. The van der Waals surface area contributed by atoms with E-state index in [0.717, 1.165) is 0 Å². The van der Waals surface area contributed by atoms with Crippen molar-refractivity contribution in [1.29, 1.82) is 0 Å². The minimum absolute atomic E-state index is 0.131. The standard InChI is InChI=1S/C13H22N4O/c1-13(7-3-2-4-8-13)15-12-17-16-11(18-12)9-14-10-5-6-10/h10,14H,2-9H2,1H3,(H,15,17). The molecular weight excluding hydrogens is 228 g/mol. The summed E-state index contributed by atoms with van der Waals surface area (Å²) in [4.78, 5) is 0. The van der Waals surface area contributed by atoms with Crippen LogP contribution in [0.15, 0.2) is 4.42 Å². The fourth-order valence-corrected chi connectivity index (χ4v) is 2.61. The molecule has 0 aliphatic heterocycles. The fraction of sp³-hybridized carbons (Fsp3) is 0.846. The quantitative estimate of drug-likeness (QED) is 0.840. The average Bonchev–Trinajstić information content (AvgIpc) is 3.09. The Hall–Kier alpha value is -1.10. The zero-order valence-electron chi connectivity index (χ0n) is 11.0. The molecule has 0 unspecified atom stereocenters. The number of anilines is 1. The lowest BCUT2D eigenvalue weighted by atomic mass is 9.83. The summed E-state index contributed by atoms with van der Waals surface area (Å²) in [6.45, 7) is 2.94. The van der Waals surface area contributed by atoms with Gasteiger partial charge in [-0.25, -0.2) is 0 Å². The van der Waals surface area contributed by atoms with Crippen LogP contribution in [0.4, 0.5) is 6.01 Å². The molecule has 0 radical (unpaired) electrons. The van der Waals surface area contributed by atoms with Crippen LogP contribution in [0.3, 0.4) is 0 Å². The number of nitrogens with zero attached hydrogens (tertiary/aromatic N) is 2. The smallest absolute Gasteiger partial charge is 0.315 e. The van der Waals surface area contributed by atoms with Gasteiger partial charge in [0.05, 0.1) is 6.54 Å². The predicted molar refractivity (Wildman–Crippen MR) is 69.3 cm³/mol. The molecule has 100 valence electrons. The molecule has 5 nitrogen and oxygen atoms in total. The maximum Gasteiger partial charge on any atom is 0.315 e. The summed E-state index contributed by atoms with van der Waals surface area (Å²) in [7, 11) is 0. The fourth-order valence-electron chi connectivity index (χ4n) is 2.61. The van der Waals surface area contributed by atoms with Crippen molar-refractivity contribution in [2.24, 2.45) is 0 Å². The summed E-state index contributed by atoms with van der Waals surface area (Å²) < 4.78 is 5.63. The molecule has 1 aromatic rings. The van der Waals surface area contributed by atoms with Crippen molar-refractivity contribution in [3.63, 3.8) is 0 Å². The third kappa shape index (κ3) is 3.02. The van der Waals surface area contributed by atoms with Crippen LogP contribution in [-0.2, 0) is 6.54 Å². The highest BCUT2D eigenvalue weighted by atomic mass is 16.4. The molecule has 1 heterocycles. The van der Waals surface area contributed by atoms with Gasteiger partial charge >= 0.3 is 6.01 Å². The van der Waals surface area contributed by atoms with Gasteiger partial charge in [0.2, 0.25) is 5.89 Å². The molecular formula is C13H22N4O. The Labute approximate surface area is 108 Å². The van der Waals surface area contributed by atoms with Crippen molar-refractivity contribution in [1.82, 2.24) is 15.5 Å². The van der Waals surface area contributed by atoms with Crippen LogP contribution in [0.25, 0.3) is 0 Å². The maximum atomic E-state index is 5.63. The van der Waals surface area contributed by atoms with Gasteiger partial charge in [-0.15, -0.1) is 5.10 Å². The van der Waals surface area contributed by atoms with Crippen LogP contribution < -0.4 is 10.6 Å². The minimum atomic E-state index is 0.131. The maximum absolute atomic E-state index is 5.63. The van der Waals surface area contributed by atoms with Crippen LogP contribution in [0, 0.1) is 0 Å². The third-order valence-corrected chi connectivity index (χ3v) is 3.95. The van der Waals surface area contributed by atoms with Gasteiger partial charge in [-0.1, -0.05) is 24.4 Å². The first-order chi connectivity index (χ1) is 8.73. The van der Waals surface area contributed by atoms with E-state index in [1.165, 1.54) is 44.9 Å². The van der Waals surface area contributed by atoms with Crippen molar-refractivity contribution in [3.05, 3.63) is 5.89 Å². The first-order valence-electron chi connectivity index (χ1n) is 7.07. The van der Waals surface area contributed by atoms with E-state index in [9.17, 15) is 0 Å². The lowest BCUT2D eigenvalue weighted by Crippen LogP contribution is -2.36. The van der Waals surface area contributed by atoms with E-state index in [2.05, 4.69) is 27.8 Å². The minimum Gasteiger partial charge on any atom is -0.407 e. The summed E-state index contributed by atoms with van der Waals surface area (Å²) in [6, 6.07) is 1.25. The Morgan fingerprint density at radius 3 is 2.72 bits per heavy atom. The van der Waals surface area contributed by atoms with Gasteiger partial charge in [0.25, 0.3) is 0 Å². The molecule has 3 rings (SSSR count). The van der Waals surface area contributed by atoms with E-state index in [0.29, 0.717) is 24.5 Å². The second-order valence-corrected chi connectivity index (χ2v) is 5.90. The molecule has 0 aromatic carbocycles. The van der Waals surface area contributed by atoms with E-state index in [1.807, 2.05) is 0 Å². The monoisotopic (exact) mass is 250 g/mol. The molecule has 2 saturated carbocycles. The molecule has 0 saturated heterocycles. The molecule has 2 aliphatic carbocycles. The lowest BCUT2D eigenvalue weighted by molar-refractivity contribution is 0.338. The Morgan fingerprint density at radius 2 is 2.00 bits per heavy atom. The zero-order valence-corrected chi connectivity index (χ0v) is 11.0. The van der Waals surface area contributed by atoms with Crippen LogP contribution in [0.2, 0.25) is 0 Å². The molecule has 0 spiro atoms. The summed E-state index contributed by atoms with van der Waals surface area (Å²) in [6.07, 6.45) is 8.84. The van der Waals surface area contributed by atoms with Gasteiger partial charge in [-0.3, -0.25) is 0 Å². The van der Waals surface area contributed by atoms with Crippen molar-refractivity contribution in [2.45, 2.75) is 70.0 Å². The molecule has 1 aromatic heterocycles. The van der Waals surface area contributed by atoms with E-state index >= 15 is 0 Å². The van der Waals surface area contributed by atoms with Gasteiger partial charge in [0, 0.05) is 11.6 Å². The normalized spacial score (nSPS) is 22.9. The van der Waals surface area contributed by atoms with Gasteiger partial charge in [0.1, 0.15) is 0 Å². The van der Waals surface area contributed by atoms with Crippen LogP contribution >= 0.6 is 0 Å². The first kappa shape index (κ1) is 12.0. The second kappa shape index (κ2) is 4.88. The zero-order chi connectivity index (χ0) is 12.4. The summed E-state index contributed by atoms with van der Waals surface area (Å²) >= 11 is 0. The van der Waals surface area contributed by atoms with Crippen molar-refractivity contribution >= 4 is 6.01 Å². The molecule has 2 aliphatic rings. The van der Waals surface area contributed by atoms with E-state index in [-0.39, 0.29) is 5.54 Å². The van der Waals surface area contributed by atoms with Gasteiger partial charge < -0.3 is 15.1 Å². The highest BCUT2D eigenvalue weighted by Crippen LogP contribution is 2.30. The molecule has 0 amide bonds. The SMILES string of the molecule is CC1(Nc2nnc(CNC3CC3)o2)CCCCC1. The molecule has 2 fully saturated rings.